The number of benzene rings is 2. The molecule has 0 unspecified atom stereocenters. The maximum Gasteiger partial charge on any atom is 0.255 e. The number of phenolic OH excluding ortho intramolecular Hbond substituents is 1. The van der Waals surface area contributed by atoms with Crippen molar-refractivity contribution >= 4 is 21.6 Å². The fourth-order valence-corrected chi connectivity index (χ4v) is 3.79. The first-order valence-corrected chi connectivity index (χ1v) is 9.03. The Morgan fingerprint density at radius 3 is 2.38 bits per heavy atom. The predicted octanol–water partition coefficient (Wildman–Crippen LogP) is 2.68. The lowest BCUT2D eigenvalue weighted by atomic mass is 10.2. The third kappa shape index (κ3) is 3.74. The van der Waals surface area contributed by atoms with Crippen LogP contribution in [0.2, 0.25) is 0 Å². The summed E-state index contributed by atoms with van der Waals surface area (Å²) in [5, 5.41) is 12.3. The van der Waals surface area contributed by atoms with E-state index in [9.17, 15) is 18.3 Å². The Morgan fingerprint density at radius 1 is 1.08 bits per heavy atom. The summed E-state index contributed by atoms with van der Waals surface area (Å²) in [6, 6.07) is 12.2. The summed E-state index contributed by atoms with van der Waals surface area (Å²) in [6.45, 7) is 4.23. The molecule has 0 saturated carbocycles. The first-order valence-electron chi connectivity index (χ1n) is 7.59. The van der Waals surface area contributed by atoms with Crippen LogP contribution in [0, 0.1) is 0 Å². The van der Waals surface area contributed by atoms with Crippen LogP contribution in [0.5, 0.6) is 5.75 Å². The molecule has 2 aromatic carbocycles. The Labute approximate surface area is 141 Å². The first kappa shape index (κ1) is 18.0. The van der Waals surface area contributed by atoms with Crippen LogP contribution in [0.25, 0.3) is 0 Å². The van der Waals surface area contributed by atoms with E-state index in [1.807, 2.05) is 0 Å². The highest BCUT2D eigenvalue weighted by Gasteiger charge is 2.22. The lowest BCUT2D eigenvalue weighted by Crippen LogP contribution is -2.30. The van der Waals surface area contributed by atoms with Gasteiger partial charge in [-0.05, 0) is 30.3 Å². The number of hydrogen-bond acceptors (Lipinski definition) is 4. The van der Waals surface area contributed by atoms with Crippen molar-refractivity contribution in [3.63, 3.8) is 0 Å². The van der Waals surface area contributed by atoms with E-state index in [2.05, 4.69) is 5.32 Å². The maximum atomic E-state index is 12.5. The summed E-state index contributed by atoms with van der Waals surface area (Å²) in [6.07, 6.45) is 0. The Bertz CT molecular complexity index is 830. The van der Waals surface area contributed by atoms with Gasteiger partial charge in [-0.1, -0.05) is 32.0 Å². The van der Waals surface area contributed by atoms with Crippen molar-refractivity contribution in [1.29, 1.82) is 0 Å². The van der Waals surface area contributed by atoms with Crippen LogP contribution in [0.3, 0.4) is 0 Å². The normalized spacial score (nSPS) is 11.5. The van der Waals surface area contributed by atoms with Gasteiger partial charge in [0.25, 0.3) is 5.91 Å². The minimum Gasteiger partial charge on any atom is -0.506 e. The van der Waals surface area contributed by atoms with E-state index < -0.39 is 15.9 Å². The molecule has 24 heavy (non-hydrogen) atoms. The predicted molar refractivity (Wildman–Crippen MR) is 92.6 cm³/mol. The van der Waals surface area contributed by atoms with Crippen molar-refractivity contribution in [3.05, 3.63) is 54.1 Å². The Kier molecular flexibility index (Phi) is 5.58. The number of nitrogens with one attached hydrogen (secondary N) is 1. The summed E-state index contributed by atoms with van der Waals surface area (Å²) >= 11 is 0. The number of nitrogens with zero attached hydrogens (tertiary/aromatic N) is 1. The smallest absolute Gasteiger partial charge is 0.255 e. The second-order valence-corrected chi connectivity index (χ2v) is 7.03. The molecule has 0 aliphatic carbocycles. The molecule has 2 aromatic rings. The van der Waals surface area contributed by atoms with Crippen molar-refractivity contribution in [3.8, 4) is 5.75 Å². The van der Waals surface area contributed by atoms with Gasteiger partial charge in [0.1, 0.15) is 5.75 Å². The van der Waals surface area contributed by atoms with Gasteiger partial charge in [0.2, 0.25) is 10.0 Å². The van der Waals surface area contributed by atoms with E-state index in [0.717, 1.165) is 0 Å². The minimum absolute atomic E-state index is 0.0576. The summed E-state index contributed by atoms with van der Waals surface area (Å²) in [7, 11) is -3.63. The first-order chi connectivity index (χ1) is 11.4. The van der Waals surface area contributed by atoms with Gasteiger partial charge in [-0.2, -0.15) is 4.31 Å². The summed E-state index contributed by atoms with van der Waals surface area (Å²) in [5.41, 5.74) is 0.464. The van der Waals surface area contributed by atoms with Gasteiger partial charge in [-0.25, -0.2) is 8.42 Å². The molecule has 0 aromatic heterocycles. The zero-order valence-electron chi connectivity index (χ0n) is 13.6. The second kappa shape index (κ2) is 7.46. The van der Waals surface area contributed by atoms with Gasteiger partial charge in [-0.3, -0.25) is 4.79 Å². The average molecular weight is 348 g/mol. The van der Waals surface area contributed by atoms with Gasteiger partial charge in [0, 0.05) is 18.7 Å². The van der Waals surface area contributed by atoms with E-state index in [0.29, 0.717) is 13.1 Å². The highest BCUT2D eigenvalue weighted by Crippen LogP contribution is 2.23. The molecule has 0 aliphatic rings. The standard InChI is InChI=1S/C17H20N2O4S/c1-3-19(4-2)24(22,23)14-9-7-8-13(12-14)17(21)18-15-10-5-6-11-16(15)20/h5-12,20H,3-4H2,1-2H3,(H,18,21). The molecule has 128 valence electrons. The molecule has 0 radical (unpaired) electrons. The highest BCUT2D eigenvalue weighted by atomic mass is 32.2. The van der Waals surface area contributed by atoms with Crippen molar-refractivity contribution in [2.24, 2.45) is 0 Å². The van der Waals surface area contributed by atoms with Crippen LogP contribution >= 0.6 is 0 Å². The molecule has 0 aliphatic heterocycles. The molecule has 1 amide bonds. The Balaban J connectivity index is 2.30. The van der Waals surface area contributed by atoms with Crippen LogP contribution < -0.4 is 5.32 Å². The van der Waals surface area contributed by atoms with Crippen molar-refractivity contribution in [1.82, 2.24) is 4.31 Å². The molecule has 6 nitrogen and oxygen atoms in total. The number of anilines is 1. The zero-order valence-corrected chi connectivity index (χ0v) is 14.4. The molecule has 2 N–H and O–H groups in total. The quantitative estimate of drug-likeness (QED) is 0.786. The summed E-state index contributed by atoms with van der Waals surface area (Å²) < 4.78 is 26.4. The van der Waals surface area contributed by atoms with E-state index in [-0.39, 0.29) is 21.9 Å². The third-order valence-corrected chi connectivity index (χ3v) is 5.64. The van der Waals surface area contributed by atoms with Crippen LogP contribution in [-0.4, -0.2) is 36.8 Å². The van der Waals surface area contributed by atoms with Gasteiger partial charge in [0.05, 0.1) is 10.6 Å². The zero-order chi connectivity index (χ0) is 17.7. The van der Waals surface area contributed by atoms with Crippen molar-refractivity contribution in [2.75, 3.05) is 18.4 Å². The number of carbonyl (C=O) groups excluding carboxylic acids is 1. The minimum atomic E-state index is -3.63. The second-order valence-electron chi connectivity index (χ2n) is 5.09. The molecule has 0 bridgehead atoms. The Morgan fingerprint density at radius 2 is 1.75 bits per heavy atom. The largest absolute Gasteiger partial charge is 0.506 e. The lowest BCUT2D eigenvalue weighted by Gasteiger charge is -2.18. The topological polar surface area (TPSA) is 86.7 Å². The molecule has 0 spiro atoms. The molecule has 0 atom stereocenters. The number of carbonyl (C=O) groups is 1. The average Bonchev–Trinajstić information content (AvgIpc) is 2.58. The molecule has 2 rings (SSSR count). The number of aromatic hydroxyl groups is 1. The van der Waals surface area contributed by atoms with Gasteiger partial charge in [0.15, 0.2) is 0 Å². The van der Waals surface area contributed by atoms with Crippen LogP contribution in [-0.2, 0) is 10.0 Å². The monoisotopic (exact) mass is 348 g/mol. The Hall–Kier alpha value is -2.38. The van der Waals surface area contributed by atoms with Gasteiger partial charge in [-0.15, -0.1) is 0 Å². The number of amides is 1. The van der Waals surface area contributed by atoms with Crippen LogP contribution in [0.4, 0.5) is 5.69 Å². The van der Waals surface area contributed by atoms with E-state index in [4.69, 9.17) is 0 Å². The summed E-state index contributed by atoms with van der Waals surface area (Å²) in [5.74, 6) is -0.550. The number of rotatable bonds is 6. The number of para-hydroxylation sites is 2. The number of sulfonamides is 1. The third-order valence-electron chi connectivity index (χ3n) is 3.59. The lowest BCUT2D eigenvalue weighted by molar-refractivity contribution is 0.102. The number of hydrogen-bond donors (Lipinski definition) is 2. The van der Waals surface area contributed by atoms with Crippen LogP contribution in [0.15, 0.2) is 53.4 Å². The molecule has 7 heteroatoms. The molecule has 0 saturated heterocycles. The molecule has 0 fully saturated rings. The highest BCUT2D eigenvalue weighted by molar-refractivity contribution is 7.89. The fraction of sp³-hybridized carbons (Fsp3) is 0.235. The maximum absolute atomic E-state index is 12.5. The SMILES string of the molecule is CCN(CC)S(=O)(=O)c1cccc(C(=O)Nc2ccccc2O)c1. The molecular weight excluding hydrogens is 328 g/mol. The molecule has 0 heterocycles. The van der Waals surface area contributed by atoms with Gasteiger partial charge >= 0.3 is 0 Å². The van der Waals surface area contributed by atoms with Crippen molar-refractivity contribution in [2.45, 2.75) is 18.7 Å². The number of phenols is 1. The van der Waals surface area contributed by atoms with E-state index >= 15 is 0 Å². The van der Waals surface area contributed by atoms with Crippen molar-refractivity contribution < 1.29 is 18.3 Å². The molecular formula is C17H20N2O4S. The summed E-state index contributed by atoms with van der Waals surface area (Å²) in [4.78, 5) is 12.4. The van der Waals surface area contributed by atoms with E-state index in [1.165, 1.54) is 34.6 Å². The van der Waals surface area contributed by atoms with Crippen LogP contribution in [0.1, 0.15) is 24.2 Å². The van der Waals surface area contributed by atoms with E-state index in [1.54, 1.807) is 32.0 Å². The van der Waals surface area contributed by atoms with Gasteiger partial charge < -0.3 is 10.4 Å². The fourth-order valence-electron chi connectivity index (χ4n) is 2.28.